The van der Waals surface area contributed by atoms with Crippen LogP contribution in [0, 0.1) is 17.3 Å². The van der Waals surface area contributed by atoms with E-state index in [-0.39, 0.29) is 11.7 Å². The van der Waals surface area contributed by atoms with Crippen LogP contribution in [0.1, 0.15) is 49.7 Å². The Morgan fingerprint density at radius 2 is 1.88 bits per heavy atom. The first-order valence-electron chi connectivity index (χ1n) is 11.7. The molecule has 1 heterocycles. The molecule has 0 amide bonds. The minimum Gasteiger partial charge on any atom is -0.508 e. The van der Waals surface area contributed by atoms with Gasteiger partial charge in [0.25, 0.3) is 0 Å². The zero-order chi connectivity index (χ0) is 23.7. The second kappa shape index (κ2) is 8.18. The highest BCUT2D eigenvalue weighted by Crippen LogP contribution is 2.61. The number of aliphatic hydroxyl groups excluding tert-OH is 4. The van der Waals surface area contributed by atoms with Crippen LogP contribution in [0.15, 0.2) is 18.2 Å². The summed E-state index contributed by atoms with van der Waals surface area (Å²) >= 11 is 0. The number of hydrogen-bond acceptors (Lipinski definition) is 8. The van der Waals surface area contributed by atoms with Gasteiger partial charge in [-0.3, -0.25) is 0 Å². The molecule has 11 atom stereocenters. The molecule has 0 spiro atoms. The Balaban J connectivity index is 1.36. The van der Waals surface area contributed by atoms with Gasteiger partial charge in [0.15, 0.2) is 12.4 Å². The van der Waals surface area contributed by atoms with Crippen LogP contribution in [0.25, 0.3) is 0 Å². The molecule has 0 unspecified atom stereocenters. The highest BCUT2D eigenvalue weighted by Gasteiger charge is 2.59. The summed E-state index contributed by atoms with van der Waals surface area (Å²) in [6.45, 7) is 2.06. The molecule has 1 aromatic rings. The number of aliphatic hydroxyl groups is 4. The van der Waals surface area contributed by atoms with Crippen molar-refractivity contribution in [1.29, 1.82) is 0 Å². The number of aromatic hydroxyl groups is 1. The normalized spacial score (nSPS) is 46.8. The first kappa shape index (κ1) is 23.0. The van der Waals surface area contributed by atoms with Crippen LogP contribution in [-0.2, 0) is 20.7 Å². The highest BCUT2D eigenvalue weighted by atomic mass is 16.7. The molecule has 0 radical (unpaired) electrons. The fraction of sp³-hybridized carbons (Fsp3) is 0.708. The maximum absolute atomic E-state index is 11.4. The Labute approximate surface area is 191 Å². The lowest BCUT2D eigenvalue weighted by atomic mass is 9.55. The fourth-order valence-corrected chi connectivity index (χ4v) is 7.00. The van der Waals surface area contributed by atoms with Gasteiger partial charge in [0.2, 0.25) is 0 Å². The Morgan fingerprint density at radius 1 is 1.12 bits per heavy atom. The minimum absolute atomic E-state index is 0.157. The molecule has 182 valence electrons. The van der Waals surface area contributed by atoms with E-state index in [4.69, 9.17) is 9.47 Å². The Morgan fingerprint density at radius 3 is 2.61 bits per heavy atom. The molecule has 2 saturated carbocycles. The number of carboxylic acid groups (broad SMARTS) is 1. The first-order chi connectivity index (χ1) is 15.6. The molecular weight excluding hydrogens is 432 g/mol. The van der Waals surface area contributed by atoms with Gasteiger partial charge < -0.3 is 40.1 Å². The van der Waals surface area contributed by atoms with E-state index in [1.807, 2.05) is 12.1 Å². The lowest BCUT2D eigenvalue weighted by Crippen LogP contribution is -2.61. The molecular formula is C24H32O9. The quantitative estimate of drug-likeness (QED) is 0.375. The molecule has 1 aliphatic heterocycles. The van der Waals surface area contributed by atoms with Crippen LogP contribution >= 0.6 is 0 Å². The Hall–Kier alpha value is -1.75. The van der Waals surface area contributed by atoms with Gasteiger partial charge in [0.05, 0.1) is 12.2 Å². The van der Waals surface area contributed by atoms with E-state index in [0.29, 0.717) is 18.3 Å². The maximum Gasteiger partial charge on any atom is 0.335 e. The molecule has 9 heteroatoms. The summed E-state index contributed by atoms with van der Waals surface area (Å²) in [6.07, 6.45) is -5.89. The Kier molecular flexibility index (Phi) is 5.70. The zero-order valence-electron chi connectivity index (χ0n) is 18.4. The Bertz CT molecular complexity index is 921. The van der Waals surface area contributed by atoms with Crippen molar-refractivity contribution < 1.29 is 44.9 Å². The number of hydrogen-bond donors (Lipinski definition) is 6. The van der Waals surface area contributed by atoms with Gasteiger partial charge in [0.1, 0.15) is 24.1 Å². The number of carbonyl (C=O) groups is 1. The van der Waals surface area contributed by atoms with E-state index in [2.05, 4.69) is 6.92 Å². The monoisotopic (exact) mass is 464 g/mol. The number of fused-ring (bicyclic) bond motifs is 5. The van der Waals surface area contributed by atoms with Crippen molar-refractivity contribution in [2.24, 2.45) is 17.3 Å². The van der Waals surface area contributed by atoms with Crippen molar-refractivity contribution in [2.75, 3.05) is 0 Å². The van der Waals surface area contributed by atoms with Crippen LogP contribution in [0.5, 0.6) is 5.75 Å². The first-order valence-corrected chi connectivity index (χ1v) is 11.7. The molecule has 3 fully saturated rings. The van der Waals surface area contributed by atoms with Crippen LogP contribution in [0.3, 0.4) is 0 Å². The fourth-order valence-electron chi connectivity index (χ4n) is 7.00. The summed E-state index contributed by atoms with van der Waals surface area (Å²) < 4.78 is 11.2. The number of rotatable bonds is 3. The number of carboxylic acids is 1. The third-order valence-corrected chi connectivity index (χ3v) is 8.78. The van der Waals surface area contributed by atoms with E-state index in [9.17, 15) is 35.4 Å². The second-order valence-electron chi connectivity index (χ2n) is 10.4. The third kappa shape index (κ3) is 3.57. The van der Waals surface area contributed by atoms with Gasteiger partial charge >= 0.3 is 5.97 Å². The third-order valence-electron chi connectivity index (χ3n) is 8.78. The van der Waals surface area contributed by atoms with Crippen molar-refractivity contribution in [3.63, 3.8) is 0 Å². The van der Waals surface area contributed by atoms with Gasteiger partial charge in [-0.1, -0.05) is 13.0 Å². The molecule has 0 aromatic heterocycles. The molecule has 5 rings (SSSR count). The molecule has 9 nitrogen and oxygen atoms in total. The van der Waals surface area contributed by atoms with E-state index < -0.39 is 54.3 Å². The average molecular weight is 465 g/mol. The number of aliphatic carboxylic acids is 1. The number of phenols is 1. The molecule has 1 saturated heterocycles. The lowest BCUT2D eigenvalue weighted by Gasteiger charge is -2.49. The van der Waals surface area contributed by atoms with E-state index in [1.54, 1.807) is 6.07 Å². The maximum atomic E-state index is 11.4. The van der Waals surface area contributed by atoms with E-state index >= 15 is 0 Å². The molecule has 33 heavy (non-hydrogen) atoms. The standard InChI is InChI=1S/C24H32O9/c1-24-7-6-13-12-5-3-11(25)8-10(12)2-4-14(13)15(24)9-16(21(24)29)32-23-19(28)17(26)18(27)20(33-23)22(30)31/h3,5,8,13-21,23,25-29H,2,4,6-7,9H2,1H3,(H,30,31)/t13-,14-,15+,16+,17+,18+,19-,20+,21+,23-,24+/m1/s1. The second-order valence-corrected chi connectivity index (χ2v) is 10.4. The summed E-state index contributed by atoms with van der Waals surface area (Å²) in [4.78, 5) is 11.4. The van der Waals surface area contributed by atoms with Crippen molar-refractivity contribution >= 4 is 5.97 Å². The predicted molar refractivity (Wildman–Crippen MR) is 113 cm³/mol. The molecule has 4 aliphatic rings. The lowest BCUT2D eigenvalue weighted by molar-refractivity contribution is -0.309. The summed E-state index contributed by atoms with van der Waals surface area (Å²) in [5.74, 6) is -0.367. The zero-order valence-corrected chi connectivity index (χ0v) is 18.4. The summed E-state index contributed by atoms with van der Waals surface area (Å²) in [5.41, 5.74) is 2.04. The topological polar surface area (TPSA) is 157 Å². The highest BCUT2D eigenvalue weighted by molar-refractivity contribution is 5.73. The van der Waals surface area contributed by atoms with Crippen LogP contribution in [0.4, 0.5) is 0 Å². The van der Waals surface area contributed by atoms with Gasteiger partial charge in [-0.15, -0.1) is 0 Å². The van der Waals surface area contributed by atoms with Crippen molar-refractivity contribution in [2.45, 2.75) is 87.9 Å². The average Bonchev–Trinajstić information content (AvgIpc) is 3.03. The molecule has 6 N–H and O–H groups in total. The molecule has 0 bridgehead atoms. The minimum atomic E-state index is -1.78. The van der Waals surface area contributed by atoms with Gasteiger partial charge in [-0.2, -0.15) is 0 Å². The SMILES string of the molecule is C[C@]12CC[C@@H]3c4ccc(O)cc4CC[C@H]3[C@@H]1C[C@H](O[C@@H]1O[C@H](C(=O)O)[C@@H](O)[C@H](O)[C@H]1O)[C@@H]2O. The number of ether oxygens (including phenoxy) is 2. The molecule has 3 aliphatic carbocycles. The van der Waals surface area contributed by atoms with Crippen molar-refractivity contribution in [1.82, 2.24) is 0 Å². The van der Waals surface area contributed by atoms with Gasteiger partial charge in [0, 0.05) is 0 Å². The number of benzene rings is 1. The predicted octanol–water partition coefficient (Wildman–Crippen LogP) is 0.496. The molecule has 1 aromatic carbocycles. The summed E-state index contributed by atoms with van der Waals surface area (Å²) in [6, 6.07) is 5.58. The summed E-state index contributed by atoms with van der Waals surface area (Å²) in [7, 11) is 0. The van der Waals surface area contributed by atoms with Gasteiger partial charge in [-0.25, -0.2) is 4.79 Å². The van der Waals surface area contributed by atoms with E-state index in [1.165, 1.54) is 11.1 Å². The van der Waals surface area contributed by atoms with Crippen LogP contribution in [0.2, 0.25) is 0 Å². The van der Waals surface area contributed by atoms with Crippen LogP contribution < -0.4 is 0 Å². The van der Waals surface area contributed by atoms with E-state index in [0.717, 1.165) is 25.7 Å². The summed E-state index contributed by atoms with van der Waals surface area (Å²) in [5, 5.41) is 60.7. The smallest absolute Gasteiger partial charge is 0.335 e. The number of phenolic OH excluding ortho intramolecular Hbond substituents is 1. The largest absolute Gasteiger partial charge is 0.508 e. The number of aryl methyl sites for hydroxylation is 1. The van der Waals surface area contributed by atoms with Crippen molar-refractivity contribution in [3.8, 4) is 5.75 Å². The van der Waals surface area contributed by atoms with Crippen molar-refractivity contribution in [3.05, 3.63) is 29.3 Å². The van der Waals surface area contributed by atoms with Crippen LogP contribution in [-0.4, -0.2) is 79.5 Å². The van der Waals surface area contributed by atoms with Gasteiger partial charge in [-0.05, 0) is 78.5 Å².